The number of rotatable bonds is 7. The zero-order chi connectivity index (χ0) is 14.5. The summed E-state index contributed by atoms with van der Waals surface area (Å²) in [6, 6.07) is 5.12. The molecule has 0 aliphatic heterocycles. The number of nitrogens with one attached hydrogen (secondary N) is 1. The Kier molecular flexibility index (Phi) is 6.43. The smallest absolute Gasteiger partial charge is 0.126 e. The lowest BCUT2D eigenvalue weighted by Crippen LogP contribution is -2.49. The Balaban J connectivity index is 2.90. The highest BCUT2D eigenvalue weighted by atomic mass is 79.9. The van der Waals surface area contributed by atoms with Gasteiger partial charge in [-0.15, -0.1) is 0 Å². The molecule has 0 aliphatic carbocycles. The van der Waals surface area contributed by atoms with Crippen molar-refractivity contribution in [3.63, 3.8) is 0 Å². The Morgan fingerprint density at radius 2 is 2.11 bits per heavy atom. The van der Waals surface area contributed by atoms with Crippen LogP contribution in [0, 0.1) is 5.82 Å². The van der Waals surface area contributed by atoms with Crippen LogP contribution in [0.25, 0.3) is 0 Å². The summed E-state index contributed by atoms with van der Waals surface area (Å²) < 4.78 is 20.3. The number of hydrogen-bond acceptors (Lipinski definition) is 2. The first-order chi connectivity index (χ1) is 8.90. The van der Waals surface area contributed by atoms with Crippen molar-refractivity contribution >= 4 is 15.9 Å². The van der Waals surface area contributed by atoms with E-state index in [4.69, 9.17) is 4.74 Å². The number of ether oxygens (including phenoxy) is 1. The topological polar surface area (TPSA) is 21.3 Å². The van der Waals surface area contributed by atoms with E-state index in [-0.39, 0.29) is 17.5 Å². The van der Waals surface area contributed by atoms with Gasteiger partial charge in [-0.25, -0.2) is 4.39 Å². The van der Waals surface area contributed by atoms with Crippen LogP contribution in [0.1, 0.15) is 32.8 Å². The van der Waals surface area contributed by atoms with Gasteiger partial charge in [0.25, 0.3) is 0 Å². The van der Waals surface area contributed by atoms with Crippen LogP contribution in [0.5, 0.6) is 0 Å². The van der Waals surface area contributed by atoms with Crippen LogP contribution in [0.2, 0.25) is 0 Å². The second-order valence-corrected chi connectivity index (χ2v) is 6.17. The number of hydrogen-bond donors (Lipinski definition) is 1. The molecule has 0 saturated carbocycles. The predicted octanol–water partition coefficient (Wildman–Crippen LogP) is 3.92. The van der Waals surface area contributed by atoms with Gasteiger partial charge >= 0.3 is 0 Å². The zero-order valence-electron chi connectivity index (χ0n) is 12.1. The van der Waals surface area contributed by atoms with E-state index in [9.17, 15) is 4.39 Å². The van der Waals surface area contributed by atoms with Crippen molar-refractivity contribution in [1.29, 1.82) is 0 Å². The van der Waals surface area contributed by atoms with Gasteiger partial charge in [-0.05, 0) is 57.0 Å². The first kappa shape index (κ1) is 16.6. The minimum atomic E-state index is -0.343. The number of benzene rings is 1. The lowest BCUT2D eigenvalue weighted by atomic mass is 9.91. The largest absolute Gasteiger partial charge is 0.377 e. The van der Waals surface area contributed by atoms with Crippen LogP contribution in [0.3, 0.4) is 0 Å². The van der Waals surface area contributed by atoms with E-state index in [0.29, 0.717) is 12.0 Å². The van der Waals surface area contributed by atoms with Crippen molar-refractivity contribution in [2.24, 2.45) is 0 Å². The summed E-state index contributed by atoms with van der Waals surface area (Å²) in [6.45, 7) is 7.06. The molecule has 1 aromatic rings. The maximum atomic E-state index is 13.9. The summed E-state index contributed by atoms with van der Waals surface area (Å²) in [6.07, 6.45) is 1.64. The van der Waals surface area contributed by atoms with Crippen molar-refractivity contribution in [1.82, 2.24) is 5.32 Å². The first-order valence-corrected chi connectivity index (χ1v) is 7.42. The Bertz CT molecular complexity index is 409. The molecule has 1 rings (SSSR count). The summed E-state index contributed by atoms with van der Waals surface area (Å²) in [4.78, 5) is 0. The van der Waals surface area contributed by atoms with Crippen LogP contribution in [0.15, 0.2) is 22.7 Å². The Morgan fingerprint density at radius 1 is 1.42 bits per heavy atom. The van der Waals surface area contributed by atoms with E-state index >= 15 is 0 Å². The van der Waals surface area contributed by atoms with Crippen molar-refractivity contribution in [2.75, 3.05) is 13.7 Å². The quantitative estimate of drug-likeness (QED) is 0.817. The molecule has 1 atom stereocenters. The molecular weight excluding hydrogens is 309 g/mol. The Morgan fingerprint density at radius 3 is 2.68 bits per heavy atom. The van der Waals surface area contributed by atoms with Gasteiger partial charge in [-0.3, -0.25) is 0 Å². The van der Waals surface area contributed by atoms with Gasteiger partial charge in [0.2, 0.25) is 0 Å². The lowest BCUT2D eigenvalue weighted by molar-refractivity contribution is -0.0102. The lowest BCUT2D eigenvalue weighted by Gasteiger charge is -2.34. The highest BCUT2D eigenvalue weighted by Gasteiger charge is 2.29. The Hall–Kier alpha value is -0.450. The highest BCUT2D eigenvalue weighted by Crippen LogP contribution is 2.22. The summed E-state index contributed by atoms with van der Waals surface area (Å²) >= 11 is 3.39. The molecule has 0 radical (unpaired) electrons. The third-order valence-corrected chi connectivity index (χ3v) is 3.93. The second-order valence-electron chi connectivity index (χ2n) is 5.25. The maximum absolute atomic E-state index is 13.9. The van der Waals surface area contributed by atoms with Crippen molar-refractivity contribution in [3.05, 3.63) is 34.1 Å². The molecule has 19 heavy (non-hydrogen) atoms. The van der Waals surface area contributed by atoms with E-state index in [1.807, 2.05) is 19.9 Å². The van der Waals surface area contributed by atoms with Gasteiger partial charge in [0.05, 0.1) is 5.60 Å². The molecule has 0 bridgehead atoms. The molecule has 4 heteroatoms. The number of halogens is 2. The van der Waals surface area contributed by atoms with Gasteiger partial charge < -0.3 is 10.1 Å². The standard InChI is InChI=1S/C15H23BrFNO/c1-5-8-18-14(15(2,3)19-4)10-11-9-12(16)6-7-13(11)17/h6-7,9,14,18H,5,8,10H2,1-4H3. The van der Waals surface area contributed by atoms with Gasteiger partial charge in [0.15, 0.2) is 0 Å². The normalized spacial score (nSPS) is 13.6. The SMILES string of the molecule is CCCNC(Cc1cc(Br)ccc1F)C(C)(C)OC. The van der Waals surface area contributed by atoms with E-state index in [1.165, 1.54) is 6.07 Å². The van der Waals surface area contributed by atoms with E-state index < -0.39 is 0 Å². The molecule has 0 aromatic heterocycles. The van der Waals surface area contributed by atoms with Crippen LogP contribution in [0.4, 0.5) is 4.39 Å². The highest BCUT2D eigenvalue weighted by molar-refractivity contribution is 9.10. The minimum Gasteiger partial charge on any atom is -0.377 e. The van der Waals surface area contributed by atoms with E-state index in [2.05, 4.69) is 28.2 Å². The van der Waals surface area contributed by atoms with Gasteiger partial charge in [0.1, 0.15) is 5.82 Å². The van der Waals surface area contributed by atoms with E-state index in [1.54, 1.807) is 13.2 Å². The summed E-state index contributed by atoms with van der Waals surface area (Å²) in [5.74, 6) is -0.168. The first-order valence-electron chi connectivity index (χ1n) is 6.63. The fourth-order valence-corrected chi connectivity index (χ4v) is 2.35. The van der Waals surface area contributed by atoms with Crippen molar-refractivity contribution in [3.8, 4) is 0 Å². The Labute approximate surface area is 123 Å². The molecule has 2 nitrogen and oxygen atoms in total. The third kappa shape index (κ3) is 4.86. The molecule has 0 spiro atoms. The maximum Gasteiger partial charge on any atom is 0.126 e. The van der Waals surface area contributed by atoms with Gasteiger partial charge in [-0.2, -0.15) is 0 Å². The summed E-state index contributed by atoms with van der Waals surface area (Å²) in [5, 5.41) is 3.45. The third-order valence-electron chi connectivity index (χ3n) is 3.44. The summed E-state index contributed by atoms with van der Waals surface area (Å²) in [5.41, 5.74) is 0.359. The molecule has 1 aromatic carbocycles. The second kappa shape index (κ2) is 7.36. The molecule has 0 heterocycles. The fourth-order valence-electron chi connectivity index (χ4n) is 1.94. The summed E-state index contributed by atoms with van der Waals surface area (Å²) in [7, 11) is 1.69. The van der Waals surface area contributed by atoms with Crippen LogP contribution in [-0.2, 0) is 11.2 Å². The van der Waals surface area contributed by atoms with Crippen LogP contribution < -0.4 is 5.32 Å². The molecule has 0 saturated heterocycles. The molecule has 108 valence electrons. The minimum absolute atomic E-state index is 0.0706. The average Bonchev–Trinajstić information content (AvgIpc) is 2.38. The van der Waals surface area contributed by atoms with Gasteiger partial charge in [-0.1, -0.05) is 22.9 Å². The molecule has 1 unspecified atom stereocenters. The van der Waals surface area contributed by atoms with Gasteiger partial charge in [0, 0.05) is 17.6 Å². The molecular formula is C15H23BrFNO. The van der Waals surface area contributed by atoms with Crippen molar-refractivity contribution in [2.45, 2.75) is 45.3 Å². The average molecular weight is 332 g/mol. The fraction of sp³-hybridized carbons (Fsp3) is 0.600. The molecule has 1 N–H and O–H groups in total. The van der Waals surface area contributed by atoms with Crippen molar-refractivity contribution < 1.29 is 9.13 Å². The zero-order valence-corrected chi connectivity index (χ0v) is 13.7. The van der Waals surface area contributed by atoms with Crippen LogP contribution in [-0.4, -0.2) is 25.3 Å². The predicted molar refractivity (Wildman–Crippen MR) is 81.0 cm³/mol. The monoisotopic (exact) mass is 331 g/mol. The number of methoxy groups -OCH3 is 1. The molecule has 0 amide bonds. The van der Waals surface area contributed by atoms with E-state index in [0.717, 1.165) is 17.4 Å². The van der Waals surface area contributed by atoms with Crippen LogP contribution >= 0.6 is 15.9 Å². The molecule has 0 fully saturated rings. The molecule has 0 aliphatic rings.